The molecule has 0 unspecified atom stereocenters. The molecule has 3 aliphatic rings. The van der Waals surface area contributed by atoms with Gasteiger partial charge in [-0.2, -0.15) is 0 Å². The van der Waals surface area contributed by atoms with Gasteiger partial charge < -0.3 is 33.9 Å². The third kappa shape index (κ3) is 10.5. The van der Waals surface area contributed by atoms with E-state index in [0.29, 0.717) is 25.6 Å². The lowest BCUT2D eigenvalue weighted by Gasteiger charge is -2.35. The average molecular weight is 550 g/mol. The lowest BCUT2D eigenvalue weighted by molar-refractivity contribution is -0.144. The van der Waals surface area contributed by atoms with Gasteiger partial charge in [0.05, 0.1) is 33.5 Å². The van der Waals surface area contributed by atoms with Crippen molar-refractivity contribution in [2.24, 2.45) is 0 Å². The van der Waals surface area contributed by atoms with E-state index in [1.165, 1.54) is 12.7 Å². The topological polar surface area (TPSA) is 98.8 Å². The van der Waals surface area contributed by atoms with Gasteiger partial charge in [0.15, 0.2) is 0 Å². The van der Waals surface area contributed by atoms with Crippen LogP contribution < -0.4 is 10.1 Å². The fraction of sp³-hybridized carbons (Fsp3) is 0.724. The molecule has 1 aliphatic carbocycles. The van der Waals surface area contributed by atoms with Crippen LogP contribution in [0.15, 0.2) is 18.2 Å². The predicted molar refractivity (Wildman–Crippen MR) is 150 cm³/mol. The third-order valence-corrected chi connectivity index (χ3v) is 6.61. The van der Waals surface area contributed by atoms with Crippen molar-refractivity contribution >= 4 is 17.7 Å². The molecule has 0 bridgehead atoms. The normalized spacial score (nSPS) is 18.5. The molecule has 1 N–H and O–H groups in total. The number of nitrogens with zero attached hydrogens (tertiary/aromatic N) is 2. The Balaban J connectivity index is 0.000000617. The van der Waals surface area contributed by atoms with Crippen molar-refractivity contribution < 1.29 is 33.3 Å². The summed E-state index contributed by atoms with van der Waals surface area (Å²) in [5, 5.41) is 3.27. The molecule has 220 valence electrons. The van der Waals surface area contributed by atoms with Crippen LogP contribution in [0.2, 0.25) is 0 Å². The van der Waals surface area contributed by atoms with Gasteiger partial charge in [0, 0.05) is 38.4 Å². The number of esters is 1. The van der Waals surface area contributed by atoms with E-state index in [-0.39, 0.29) is 12.1 Å². The lowest BCUT2D eigenvalue weighted by atomic mass is 10.0. The zero-order valence-electron chi connectivity index (χ0n) is 24.5. The first-order chi connectivity index (χ1) is 18.5. The van der Waals surface area contributed by atoms with Crippen molar-refractivity contribution in [1.29, 1.82) is 0 Å². The molecule has 0 atom stereocenters. The van der Waals surface area contributed by atoms with Crippen molar-refractivity contribution in [3.63, 3.8) is 0 Å². The van der Waals surface area contributed by atoms with Gasteiger partial charge in [0.2, 0.25) is 0 Å². The van der Waals surface area contributed by atoms with Crippen molar-refractivity contribution in [3.05, 3.63) is 23.8 Å². The Kier molecular flexibility index (Phi) is 11.3. The van der Waals surface area contributed by atoms with Crippen LogP contribution in [0.4, 0.5) is 10.5 Å². The second-order valence-corrected chi connectivity index (χ2v) is 11.7. The largest absolute Gasteiger partial charge is 0.492 e. The standard InChI is InChI=1S/C25H39N3O5.C4H8O2/c1-24(2,3)33-23(30)28-13-11-27(12-14-28)15-16-32-21-10-9-19(17-20(21)18-7-8-18)26-25(4,5)22(29)31-6;1-2-6-4-3-5-1/h9-10,17-18,26H,7-8,11-16H2,1-6H3;1-4H2. The van der Waals surface area contributed by atoms with Crippen LogP contribution in [0, 0.1) is 0 Å². The maximum absolute atomic E-state index is 12.2. The summed E-state index contributed by atoms with van der Waals surface area (Å²) >= 11 is 0. The summed E-state index contributed by atoms with van der Waals surface area (Å²) in [5.41, 5.74) is 0.800. The van der Waals surface area contributed by atoms with Crippen LogP contribution in [-0.4, -0.2) is 106 Å². The fourth-order valence-corrected chi connectivity index (χ4v) is 4.34. The number of carbonyl (C=O) groups excluding carboxylic acids is 2. The summed E-state index contributed by atoms with van der Waals surface area (Å²) in [5.74, 6) is 1.12. The van der Waals surface area contributed by atoms with E-state index >= 15 is 0 Å². The number of hydrogen-bond acceptors (Lipinski definition) is 9. The van der Waals surface area contributed by atoms with E-state index in [4.69, 9.17) is 23.7 Å². The first-order valence-electron chi connectivity index (χ1n) is 14.0. The van der Waals surface area contributed by atoms with Gasteiger partial charge in [-0.3, -0.25) is 4.90 Å². The number of carbonyl (C=O) groups is 2. The molecule has 2 heterocycles. The summed E-state index contributed by atoms with van der Waals surface area (Å²) in [6, 6.07) is 6.03. The summed E-state index contributed by atoms with van der Waals surface area (Å²) < 4.78 is 26.4. The van der Waals surface area contributed by atoms with Gasteiger partial charge in [-0.05, 0) is 77.1 Å². The molecule has 39 heavy (non-hydrogen) atoms. The minimum absolute atomic E-state index is 0.239. The highest BCUT2D eigenvalue weighted by molar-refractivity contribution is 5.83. The van der Waals surface area contributed by atoms with Crippen LogP contribution in [0.3, 0.4) is 0 Å². The predicted octanol–water partition coefficient (Wildman–Crippen LogP) is 3.89. The SMILES string of the molecule is C1COCCO1.COC(=O)C(C)(C)Nc1ccc(OCCN2CCN(C(=O)OC(C)(C)C)CC2)c(C2CC2)c1. The molecule has 0 radical (unpaired) electrons. The lowest BCUT2D eigenvalue weighted by Crippen LogP contribution is -2.50. The van der Waals surface area contributed by atoms with Crippen LogP contribution in [0.5, 0.6) is 5.75 Å². The third-order valence-electron chi connectivity index (χ3n) is 6.61. The number of piperazine rings is 1. The highest BCUT2D eigenvalue weighted by Crippen LogP contribution is 2.45. The van der Waals surface area contributed by atoms with E-state index in [1.807, 2.05) is 46.8 Å². The highest BCUT2D eigenvalue weighted by Gasteiger charge is 2.31. The molecular formula is C29H47N3O7. The molecule has 3 fully saturated rings. The van der Waals surface area contributed by atoms with Gasteiger partial charge >= 0.3 is 12.1 Å². The number of anilines is 1. The number of benzene rings is 1. The second-order valence-electron chi connectivity index (χ2n) is 11.7. The number of ether oxygens (including phenoxy) is 5. The first kappa shape index (κ1) is 31.0. The zero-order valence-corrected chi connectivity index (χ0v) is 24.5. The number of methoxy groups -OCH3 is 1. The summed E-state index contributed by atoms with van der Waals surface area (Å²) in [7, 11) is 1.40. The smallest absolute Gasteiger partial charge is 0.410 e. The molecule has 1 aromatic rings. The molecule has 2 aliphatic heterocycles. The maximum atomic E-state index is 12.2. The van der Waals surface area contributed by atoms with Crippen LogP contribution in [0.25, 0.3) is 0 Å². The molecule has 2 saturated heterocycles. The van der Waals surface area contributed by atoms with Crippen molar-refractivity contribution in [1.82, 2.24) is 9.80 Å². The van der Waals surface area contributed by atoms with Crippen molar-refractivity contribution in [2.45, 2.75) is 64.5 Å². The monoisotopic (exact) mass is 549 g/mol. The Morgan fingerprint density at radius 3 is 2.10 bits per heavy atom. The molecule has 1 aromatic carbocycles. The minimum atomic E-state index is -0.806. The summed E-state index contributed by atoms with van der Waals surface area (Å²) in [6.07, 6.45) is 2.08. The Bertz CT molecular complexity index is 920. The van der Waals surface area contributed by atoms with Crippen molar-refractivity contribution in [2.75, 3.05) is 78.2 Å². The maximum Gasteiger partial charge on any atom is 0.410 e. The van der Waals surface area contributed by atoms with Crippen LogP contribution in [0.1, 0.15) is 58.9 Å². The van der Waals surface area contributed by atoms with Crippen molar-refractivity contribution in [3.8, 4) is 5.75 Å². The van der Waals surface area contributed by atoms with Gasteiger partial charge in [-0.1, -0.05) is 0 Å². The van der Waals surface area contributed by atoms with E-state index < -0.39 is 11.1 Å². The molecule has 10 heteroatoms. The molecule has 0 aromatic heterocycles. The van der Waals surface area contributed by atoms with Gasteiger partial charge in [-0.25, -0.2) is 9.59 Å². The van der Waals surface area contributed by atoms with Crippen LogP contribution in [-0.2, 0) is 23.7 Å². The Hall–Kier alpha value is -2.56. The Labute approximate surface area is 233 Å². The number of rotatable bonds is 8. The first-order valence-corrected chi connectivity index (χ1v) is 14.0. The summed E-state index contributed by atoms with van der Waals surface area (Å²) in [4.78, 5) is 28.3. The number of amides is 1. The Morgan fingerprint density at radius 1 is 0.974 bits per heavy atom. The van der Waals surface area contributed by atoms with Gasteiger partial charge in [-0.15, -0.1) is 0 Å². The van der Waals surface area contributed by atoms with E-state index in [2.05, 4.69) is 16.3 Å². The molecule has 1 amide bonds. The van der Waals surface area contributed by atoms with E-state index in [9.17, 15) is 9.59 Å². The minimum Gasteiger partial charge on any atom is -0.492 e. The molecule has 10 nitrogen and oxygen atoms in total. The highest BCUT2D eigenvalue weighted by atomic mass is 16.6. The molecule has 0 spiro atoms. The fourth-order valence-electron chi connectivity index (χ4n) is 4.34. The van der Waals surface area contributed by atoms with Gasteiger partial charge in [0.1, 0.15) is 23.5 Å². The number of nitrogens with one attached hydrogen (secondary N) is 1. The number of hydrogen-bond donors (Lipinski definition) is 1. The van der Waals surface area contributed by atoms with E-state index in [0.717, 1.165) is 70.3 Å². The zero-order chi connectivity index (χ0) is 28.5. The molecule has 4 rings (SSSR count). The summed E-state index contributed by atoms with van der Waals surface area (Å²) in [6.45, 7) is 16.7. The second kappa shape index (κ2) is 14.2. The van der Waals surface area contributed by atoms with Gasteiger partial charge in [0.25, 0.3) is 0 Å². The van der Waals surface area contributed by atoms with E-state index in [1.54, 1.807) is 4.90 Å². The quantitative estimate of drug-likeness (QED) is 0.484. The van der Waals surface area contributed by atoms with Crippen LogP contribution >= 0.6 is 0 Å². The Morgan fingerprint density at radius 2 is 1.59 bits per heavy atom. The molecular weight excluding hydrogens is 502 g/mol. The molecule has 1 saturated carbocycles. The average Bonchev–Trinajstić information content (AvgIpc) is 3.75.